The Balaban J connectivity index is 0.00000261. The van der Waals surface area contributed by atoms with Gasteiger partial charge >= 0.3 is 0 Å². The number of para-hydroxylation sites is 1. The molecule has 8 heteroatoms. The predicted octanol–water partition coefficient (Wildman–Crippen LogP) is 1.92. The molecule has 1 aromatic carbocycles. The third kappa shape index (κ3) is 4.78. The molecule has 0 saturated carbocycles. The molecule has 148 valence electrons. The quantitative estimate of drug-likeness (QED) is 0.696. The van der Waals surface area contributed by atoms with Crippen LogP contribution in [0.5, 0.6) is 0 Å². The van der Waals surface area contributed by atoms with Gasteiger partial charge in [0.05, 0.1) is 18.6 Å². The first kappa shape index (κ1) is 21.2. The van der Waals surface area contributed by atoms with Crippen molar-refractivity contribution in [3.05, 3.63) is 36.0 Å². The lowest BCUT2D eigenvalue weighted by Crippen LogP contribution is -2.50. The molecule has 1 aliphatic rings. The number of alkyl halides is 1. The fraction of sp³-hybridized carbons (Fsp3) is 0.474. The minimum Gasteiger partial charge on any atom is -0.361 e. The van der Waals surface area contributed by atoms with Gasteiger partial charge in [-0.1, -0.05) is 25.1 Å². The molecule has 1 aromatic heterocycles. The van der Waals surface area contributed by atoms with E-state index in [1.807, 2.05) is 30.5 Å². The van der Waals surface area contributed by atoms with Crippen LogP contribution in [0.1, 0.15) is 25.3 Å². The summed E-state index contributed by atoms with van der Waals surface area (Å²) in [7, 11) is 0. The molecule has 3 rings (SSSR count). The highest BCUT2D eigenvalue weighted by Crippen LogP contribution is 2.23. The molecule has 27 heavy (non-hydrogen) atoms. The molecular formula is C19H26ClFN4O2. The van der Waals surface area contributed by atoms with Crippen molar-refractivity contribution in [1.29, 1.82) is 0 Å². The number of likely N-dealkylation sites (tertiary alicyclic amines) is 1. The number of hydrogen-bond donors (Lipinski definition) is 3. The van der Waals surface area contributed by atoms with Crippen molar-refractivity contribution in [2.24, 2.45) is 5.73 Å². The molecule has 0 aliphatic carbocycles. The molecule has 2 heterocycles. The van der Waals surface area contributed by atoms with E-state index in [0.29, 0.717) is 12.8 Å². The van der Waals surface area contributed by atoms with Gasteiger partial charge in [0.2, 0.25) is 11.8 Å². The van der Waals surface area contributed by atoms with Gasteiger partial charge < -0.3 is 20.9 Å². The molecule has 0 radical (unpaired) electrons. The number of nitrogens with one attached hydrogen (secondary N) is 2. The van der Waals surface area contributed by atoms with E-state index in [9.17, 15) is 14.0 Å². The van der Waals surface area contributed by atoms with Gasteiger partial charge in [0.25, 0.3) is 0 Å². The SMILES string of the molecule is CCC(=O)NC[C@@H]1C[C@H](F)CN1C(=O)[C@H](N)Cc1c[nH]c2ccccc12.Cl. The first-order chi connectivity index (χ1) is 12.5. The second-order valence-electron chi connectivity index (χ2n) is 6.81. The summed E-state index contributed by atoms with van der Waals surface area (Å²) in [5.74, 6) is -0.381. The minimum absolute atomic E-state index is 0. The molecule has 2 aromatic rings. The number of carbonyl (C=O) groups excluding carboxylic acids is 2. The molecule has 2 amide bonds. The van der Waals surface area contributed by atoms with Gasteiger partial charge in [0, 0.05) is 36.5 Å². The van der Waals surface area contributed by atoms with Gasteiger partial charge in [-0.05, 0) is 18.1 Å². The second kappa shape index (κ2) is 9.19. The number of fused-ring (bicyclic) bond motifs is 1. The average Bonchev–Trinajstić information content (AvgIpc) is 3.22. The fourth-order valence-corrected chi connectivity index (χ4v) is 3.52. The summed E-state index contributed by atoms with van der Waals surface area (Å²) in [4.78, 5) is 28.9. The summed E-state index contributed by atoms with van der Waals surface area (Å²) in [5.41, 5.74) is 8.11. The van der Waals surface area contributed by atoms with Gasteiger partial charge in [0.1, 0.15) is 6.17 Å². The standard InChI is InChI=1S/C19H25FN4O2.ClH/c1-2-18(25)23-10-14-8-13(20)11-24(14)19(26)16(21)7-12-9-22-17-6-4-3-5-15(12)17;/h3-6,9,13-14,16,22H,2,7-8,10-11,21H2,1H3,(H,23,25);1H/t13-,14-,16+;/m0./s1. The number of rotatable bonds is 6. The number of hydrogen-bond acceptors (Lipinski definition) is 3. The van der Waals surface area contributed by atoms with Gasteiger partial charge in [-0.3, -0.25) is 9.59 Å². The summed E-state index contributed by atoms with van der Waals surface area (Å²) in [5, 5.41) is 3.78. The average molecular weight is 397 g/mol. The predicted molar refractivity (Wildman–Crippen MR) is 106 cm³/mol. The maximum Gasteiger partial charge on any atom is 0.240 e. The van der Waals surface area contributed by atoms with Gasteiger partial charge in [0.15, 0.2) is 0 Å². The summed E-state index contributed by atoms with van der Waals surface area (Å²) < 4.78 is 13.9. The number of halogens is 2. The Morgan fingerprint density at radius 2 is 2.15 bits per heavy atom. The lowest BCUT2D eigenvalue weighted by molar-refractivity contribution is -0.134. The monoisotopic (exact) mass is 396 g/mol. The van der Waals surface area contributed by atoms with E-state index in [0.717, 1.165) is 16.5 Å². The number of nitrogens with zero attached hydrogens (tertiary/aromatic N) is 1. The molecule has 0 bridgehead atoms. The van der Waals surface area contributed by atoms with Crippen molar-refractivity contribution in [2.45, 2.75) is 44.4 Å². The topological polar surface area (TPSA) is 91.2 Å². The Kier molecular flexibility index (Phi) is 7.21. The Labute approximate surface area is 164 Å². The molecule has 1 aliphatic heterocycles. The van der Waals surface area contributed by atoms with Gasteiger partial charge in [-0.2, -0.15) is 0 Å². The van der Waals surface area contributed by atoms with Crippen molar-refractivity contribution in [1.82, 2.24) is 15.2 Å². The zero-order valence-corrected chi connectivity index (χ0v) is 16.1. The van der Waals surface area contributed by atoms with Crippen molar-refractivity contribution in [3.8, 4) is 0 Å². The van der Waals surface area contributed by atoms with Crippen LogP contribution in [-0.4, -0.2) is 53.0 Å². The van der Waals surface area contributed by atoms with E-state index >= 15 is 0 Å². The summed E-state index contributed by atoms with van der Waals surface area (Å²) >= 11 is 0. The second-order valence-corrected chi connectivity index (χ2v) is 6.81. The smallest absolute Gasteiger partial charge is 0.240 e. The molecule has 0 unspecified atom stereocenters. The Morgan fingerprint density at radius 1 is 1.41 bits per heavy atom. The largest absolute Gasteiger partial charge is 0.361 e. The van der Waals surface area contributed by atoms with E-state index < -0.39 is 12.2 Å². The number of nitrogens with two attached hydrogens (primary N) is 1. The molecule has 1 saturated heterocycles. The summed E-state index contributed by atoms with van der Waals surface area (Å²) in [6.45, 7) is 2.05. The molecule has 3 atom stereocenters. The maximum absolute atomic E-state index is 13.9. The first-order valence-corrected chi connectivity index (χ1v) is 9.01. The number of carbonyl (C=O) groups is 2. The van der Waals surface area contributed by atoms with E-state index in [2.05, 4.69) is 10.3 Å². The Bertz CT molecular complexity index is 797. The highest BCUT2D eigenvalue weighted by Gasteiger charge is 2.37. The van der Waals surface area contributed by atoms with Crippen LogP contribution in [0.15, 0.2) is 30.5 Å². The van der Waals surface area contributed by atoms with Crippen molar-refractivity contribution in [3.63, 3.8) is 0 Å². The zero-order chi connectivity index (χ0) is 18.7. The van der Waals surface area contributed by atoms with Crippen LogP contribution >= 0.6 is 12.4 Å². The zero-order valence-electron chi connectivity index (χ0n) is 15.3. The Morgan fingerprint density at radius 3 is 2.89 bits per heavy atom. The van der Waals surface area contributed by atoms with E-state index in [1.165, 1.54) is 4.90 Å². The normalized spacial score (nSPS) is 20.3. The molecule has 4 N–H and O–H groups in total. The Hall–Kier alpha value is -2.12. The minimum atomic E-state index is -1.08. The molecule has 0 spiro atoms. The highest BCUT2D eigenvalue weighted by molar-refractivity contribution is 5.86. The van der Waals surface area contributed by atoms with Crippen molar-refractivity contribution in [2.75, 3.05) is 13.1 Å². The third-order valence-electron chi connectivity index (χ3n) is 4.93. The van der Waals surface area contributed by atoms with Crippen molar-refractivity contribution < 1.29 is 14.0 Å². The van der Waals surface area contributed by atoms with Crippen LogP contribution in [0.25, 0.3) is 10.9 Å². The number of amides is 2. The number of benzene rings is 1. The van der Waals surface area contributed by atoms with Crippen LogP contribution in [-0.2, 0) is 16.0 Å². The summed E-state index contributed by atoms with van der Waals surface area (Å²) in [6, 6.07) is 6.73. The van der Waals surface area contributed by atoms with Gasteiger partial charge in [-0.15, -0.1) is 12.4 Å². The lowest BCUT2D eigenvalue weighted by atomic mass is 10.0. The summed E-state index contributed by atoms with van der Waals surface area (Å²) in [6.07, 6.45) is 1.75. The third-order valence-corrected chi connectivity index (χ3v) is 4.93. The van der Waals surface area contributed by atoms with Crippen LogP contribution < -0.4 is 11.1 Å². The van der Waals surface area contributed by atoms with Crippen LogP contribution in [0.3, 0.4) is 0 Å². The van der Waals surface area contributed by atoms with Crippen LogP contribution in [0, 0.1) is 0 Å². The van der Waals surface area contributed by atoms with E-state index in [4.69, 9.17) is 5.73 Å². The lowest BCUT2D eigenvalue weighted by Gasteiger charge is -2.27. The van der Waals surface area contributed by atoms with E-state index in [-0.39, 0.29) is 49.8 Å². The van der Waals surface area contributed by atoms with Crippen LogP contribution in [0.4, 0.5) is 4.39 Å². The van der Waals surface area contributed by atoms with Crippen LogP contribution in [0.2, 0.25) is 0 Å². The van der Waals surface area contributed by atoms with Gasteiger partial charge in [-0.25, -0.2) is 4.39 Å². The molecule has 1 fully saturated rings. The van der Waals surface area contributed by atoms with Crippen molar-refractivity contribution >= 4 is 35.1 Å². The molecular weight excluding hydrogens is 371 g/mol. The molecule has 6 nitrogen and oxygen atoms in total. The highest BCUT2D eigenvalue weighted by atomic mass is 35.5. The fourth-order valence-electron chi connectivity index (χ4n) is 3.52. The number of H-pyrrole nitrogens is 1. The van der Waals surface area contributed by atoms with E-state index in [1.54, 1.807) is 6.92 Å². The number of aromatic nitrogens is 1. The first-order valence-electron chi connectivity index (χ1n) is 9.01. The maximum atomic E-state index is 13.9. The number of aromatic amines is 1.